The van der Waals surface area contributed by atoms with E-state index in [-0.39, 0.29) is 44.7 Å². The fraction of sp³-hybridized carbons (Fsp3) is 0.714. The van der Waals surface area contributed by atoms with E-state index in [1.54, 1.807) is 0 Å². The third kappa shape index (κ3) is 10.7. The average molecular weight is 531 g/mol. The third-order valence-electron chi connectivity index (χ3n) is 5.66. The van der Waals surface area contributed by atoms with Crippen molar-refractivity contribution in [2.24, 2.45) is 27.9 Å². The number of amides is 4. The second-order valence-corrected chi connectivity index (χ2v) is 9.48. The zero-order valence-electron chi connectivity index (χ0n) is 20.5. The molecule has 1 heterocycles. The Morgan fingerprint density at radius 1 is 1.06 bits per heavy atom. The molecular weight excluding hydrogens is 492 g/mol. The summed E-state index contributed by atoms with van der Waals surface area (Å²) in [7, 11) is 0. The van der Waals surface area contributed by atoms with Gasteiger partial charge in [0.1, 0.15) is 18.1 Å². The Bertz CT molecular complexity index is 822. The minimum absolute atomic E-state index is 0.00385. The molecule has 0 radical (unpaired) electrons. The van der Waals surface area contributed by atoms with E-state index in [0.717, 1.165) is 0 Å². The van der Waals surface area contributed by atoms with Gasteiger partial charge < -0.3 is 43.6 Å². The van der Waals surface area contributed by atoms with Crippen molar-refractivity contribution in [1.82, 2.24) is 15.5 Å². The Hall–Kier alpha value is -3.07. The molecule has 11 N–H and O–H groups in total. The maximum atomic E-state index is 13.2. The van der Waals surface area contributed by atoms with Gasteiger partial charge in [-0.05, 0) is 50.5 Å². The van der Waals surface area contributed by atoms with Crippen molar-refractivity contribution in [1.29, 1.82) is 0 Å². The molecule has 0 aromatic heterocycles. The summed E-state index contributed by atoms with van der Waals surface area (Å²) < 4.78 is 0. The molecule has 1 aliphatic heterocycles. The molecule has 4 amide bonds. The minimum Gasteiger partial charge on any atom is -0.480 e. The van der Waals surface area contributed by atoms with Crippen LogP contribution >= 0.6 is 11.8 Å². The molecular formula is C21H38N8O6S. The molecule has 0 aromatic rings. The SMILES string of the molecule is CSCCC(NC(=O)C(CCCN=C(N)N)NC(=O)C(N)CCC(N)=O)C(=O)N1CCCC1C(=O)O. The number of carbonyl (C=O) groups excluding carboxylic acids is 4. The van der Waals surface area contributed by atoms with Crippen molar-refractivity contribution < 1.29 is 29.1 Å². The third-order valence-corrected chi connectivity index (χ3v) is 6.31. The highest BCUT2D eigenvalue weighted by Gasteiger charge is 2.38. The largest absolute Gasteiger partial charge is 0.480 e. The second kappa shape index (κ2) is 15.8. The number of thioether (sulfide) groups is 1. The number of hydrogen-bond donors (Lipinski definition) is 7. The predicted molar refractivity (Wildman–Crippen MR) is 136 cm³/mol. The lowest BCUT2D eigenvalue weighted by molar-refractivity contribution is -0.149. The van der Waals surface area contributed by atoms with Gasteiger partial charge in [-0.2, -0.15) is 11.8 Å². The maximum Gasteiger partial charge on any atom is 0.326 e. The van der Waals surface area contributed by atoms with E-state index in [4.69, 9.17) is 22.9 Å². The van der Waals surface area contributed by atoms with E-state index in [9.17, 15) is 29.1 Å². The molecule has 15 heteroatoms. The highest BCUT2D eigenvalue weighted by atomic mass is 32.2. The second-order valence-electron chi connectivity index (χ2n) is 8.49. The summed E-state index contributed by atoms with van der Waals surface area (Å²) in [5.74, 6) is -3.04. The van der Waals surface area contributed by atoms with Gasteiger partial charge in [-0.25, -0.2) is 4.79 Å². The van der Waals surface area contributed by atoms with Crippen molar-refractivity contribution in [2.45, 2.75) is 69.1 Å². The monoisotopic (exact) mass is 530 g/mol. The Kier molecular flexibility index (Phi) is 13.6. The molecule has 36 heavy (non-hydrogen) atoms. The van der Waals surface area contributed by atoms with Crippen molar-refractivity contribution in [2.75, 3.05) is 25.1 Å². The lowest BCUT2D eigenvalue weighted by Crippen LogP contribution is -2.57. The molecule has 1 aliphatic rings. The lowest BCUT2D eigenvalue weighted by Gasteiger charge is -2.29. The standard InChI is InChI=1S/C21H38N8O6S/c1-36-11-8-14(19(33)29-10-3-5-15(29)20(34)35)28-18(32)13(4-2-9-26-21(24)25)27-17(31)12(22)6-7-16(23)30/h12-15H,2-11,22H2,1H3,(H2,23,30)(H,27,31)(H,28,32)(H,34,35)(H4,24,25,26). The zero-order chi connectivity index (χ0) is 27.3. The normalized spacial score (nSPS) is 17.5. The first-order chi connectivity index (χ1) is 17.0. The van der Waals surface area contributed by atoms with Gasteiger partial charge in [-0.1, -0.05) is 0 Å². The number of nitrogens with two attached hydrogens (primary N) is 4. The van der Waals surface area contributed by atoms with E-state index in [1.807, 2.05) is 6.26 Å². The van der Waals surface area contributed by atoms with Crippen LogP contribution in [0.2, 0.25) is 0 Å². The molecule has 0 aromatic carbocycles. The predicted octanol–water partition coefficient (Wildman–Crippen LogP) is -2.57. The number of carbonyl (C=O) groups is 5. The summed E-state index contributed by atoms with van der Waals surface area (Å²) in [6, 6.07) is -4.04. The van der Waals surface area contributed by atoms with Crippen LogP contribution in [0.4, 0.5) is 0 Å². The number of likely N-dealkylation sites (tertiary alicyclic amines) is 1. The summed E-state index contributed by atoms with van der Waals surface area (Å²) in [5, 5.41) is 14.7. The first kappa shape index (κ1) is 31.0. The molecule has 0 saturated carbocycles. The van der Waals surface area contributed by atoms with Gasteiger partial charge in [-0.15, -0.1) is 0 Å². The molecule has 1 saturated heterocycles. The summed E-state index contributed by atoms with van der Waals surface area (Å²) in [4.78, 5) is 66.6. The number of hydrogen-bond acceptors (Lipinski definition) is 8. The van der Waals surface area contributed by atoms with E-state index in [2.05, 4.69) is 15.6 Å². The summed E-state index contributed by atoms with van der Waals surface area (Å²) in [6.07, 6.45) is 3.41. The van der Waals surface area contributed by atoms with Gasteiger partial charge in [0, 0.05) is 19.5 Å². The summed E-state index contributed by atoms with van der Waals surface area (Å²) in [5.41, 5.74) is 21.6. The van der Waals surface area contributed by atoms with Crippen LogP contribution in [-0.2, 0) is 24.0 Å². The molecule has 0 aliphatic carbocycles. The van der Waals surface area contributed by atoms with Crippen LogP contribution in [0.15, 0.2) is 4.99 Å². The number of carboxylic acid groups (broad SMARTS) is 1. The average Bonchev–Trinajstić information content (AvgIpc) is 3.31. The van der Waals surface area contributed by atoms with Gasteiger partial charge in [0.25, 0.3) is 0 Å². The van der Waals surface area contributed by atoms with Crippen LogP contribution in [0.3, 0.4) is 0 Å². The Balaban J connectivity index is 2.99. The topological polar surface area (TPSA) is 249 Å². The number of primary amides is 1. The molecule has 14 nitrogen and oxygen atoms in total. The smallest absolute Gasteiger partial charge is 0.326 e. The number of rotatable bonds is 16. The summed E-state index contributed by atoms with van der Waals surface area (Å²) >= 11 is 1.47. The van der Waals surface area contributed by atoms with E-state index in [1.165, 1.54) is 16.7 Å². The zero-order valence-corrected chi connectivity index (χ0v) is 21.3. The highest BCUT2D eigenvalue weighted by molar-refractivity contribution is 7.98. The van der Waals surface area contributed by atoms with E-state index in [0.29, 0.717) is 25.0 Å². The molecule has 1 rings (SSSR count). The Morgan fingerprint density at radius 3 is 2.31 bits per heavy atom. The fourth-order valence-corrected chi connectivity index (χ4v) is 4.20. The van der Waals surface area contributed by atoms with Crippen LogP contribution in [-0.4, -0.2) is 94.8 Å². The van der Waals surface area contributed by atoms with E-state index < -0.39 is 53.8 Å². The Morgan fingerprint density at radius 2 is 1.72 bits per heavy atom. The van der Waals surface area contributed by atoms with Crippen LogP contribution in [0, 0.1) is 0 Å². The first-order valence-electron chi connectivity index (χ1n) is 11.7. The molecule has 0 bridgehead atoms. The number of aliphatic imine (C=N–C) groups is 1. The highest BCUT2D eigenvalue weighted by Crippen LogP contribution is 2.20. The molecule has 4 unspecified atom stereocenters. The van der Waals surface area contributed by atoms with Crippen molar-refractivity contribution >= 4 is 47.3 Å². The van der Waals surface area contributed by atoms with Gasteiger partial charge >= 0.3 is 5.97 Å². The van der Waals surface area contributed by atoms with Crippen LogP contribution in [0.1, 0.15) is 44.9 Å². The fourth-order valence-electron chi connectivity index (χ4n) is 3.73. The minimum atomic E-state index is -1.09. The number of aliphatic carboxylic acids is 1. The quantitative estimate of drug-likeness (QED) is 0.0624. The van der Waals surface area contributed by atoms with Gasteiger partial charge in [0.2, 0.25) is 23.6 Å². The van der Waals surface area contributed by atoms with Gasteiger partial charge in [0.05, 0.1) is 6.04 Å². The van der Waals surface area contributed by atoms with Crippen molar-refractivity contribution in [3.63, 3.8) is 0 Å². The molecule has 204 valence electrons. The number of nitrogens with one attached hydrogen (secondary N) is 2. The van der Waals surface area contributed by atoms with E-state index >= 15 is 0 Å². The number of guanidine groups is 1. The van der Waals surface area contributed by atoms with Crippen molar-refractivity contribution in [3.05, 3.63) is 0 Å². The van der Waals surface area contributed by atoms with Crippen molar-refractivity contribution in [3.8, 4) is 0 Å². The van der Waals surface area contributed by atoms with Crippen LogP contribution < -0.4 is 33.6 Å². The summed E-state index contributed by atoms with van der Waals surface area (Å²) in [6.45, 7) is 0.494. The van der Waals surface area contributed by atoms with Gasteiger partial charge in [0.15, 0.2) is 5.96 Å². The number of carboxylic acids is 1. The van der Waals surface area contributed by atoms with Crippen LogP contribution in [0.5, 0.6) is 0 Å². The number of nitrogens with zero attached hydrogens (tertiary/aromatic N) is 2. The molecule has 0 spiro atoms. The Labute approximate surface area is 214 Å². The van der Waals surface area contributed by atoms with Gasteiger partial charge in [-0.3, -0.25) is 24.2 Å². The molecule has 1 fully saturated rings. The van der Waals surface area contributed by atoms with Crippen LogP contribution in [0.25, 0.3) is 0 Å². The maximum absolute atomic E-state index is 13.2. The lowest BCUT2D eigenvalue weighted by atomic mass is 10.1. The first-order valence-corrected chi connectivity index (χ1v) is 13.1. The molecule has 4 atom stereocenters.